The van der Waals surface area contributed by atoms with E-state index in [1.165, 1.54) is 0 Å². The van der Waals surface area contributed by atoms with Gasteiger partial charge in [-0.05, 0) is 45.3 Å². The molecule has 4 heteroatoms. The lowest BCUT2D eigenvalue weighted by atomic mass is 10.1. The molecule has 4 nitrogen and oxygen atoms in total. The van der Waals surface area contributed by atoms with Crippen molar-refractivity contribution in [2.45, 2.75) is 32.8 Å². The Hall–Kier alpha value is -1.16. The van der Waals surface area contributed by atoms with Crippen LogP contribution < -0.4 is 10.1 Å². The molecule has 1 aliphatic heterocycles. The van der Waals surface area contributed by atoms with Crippen LogP contribution in [0.25, 0.3) is 0 Å². The Morgan fingerprint density at radius 2 is 2.07 bits per heavy atom. The average molecular weight is 207 g/mol. The van der Waals surface area contributed by atoms with Crippen LogP contribution >= 0.6 is 0 Å². The molecular weight excluding hydrogens is 190 g/mol. The van der Waals surface area contributed by atoms with Crippen LogP contribution in [-0.2, 0) is 0 Å². The molecule has 0 aromatic carbocycles. The summed E-state index contributed by atoms with van der Waals surface area (Å²) in [4.78, 5) is 8.49. The van der Waals surface area contributed by atoms with Gasteiger partial charge in [0.1, 0.15) is 6.10 Å². The van der Waals surface area contributed by atoms with Crippen molar-refractivity contribution in [3.63, 3.8) is 0 Å². The number of hydrogen-bond donors (Lipinski definition) is 1. The van der Waals surface area contributed by atoms with Gasteiger partial charge in [-0.25, -0.2) is 9.97 Å². The molecule has 82 valence electrons. The highest BCUT2D eigenvalue weighted by atomic mass is 16.5. The fraction of sp³-hybridized carbons (Fsp3) is 0.636. The molecule has 0 amide bonds. The Bertz CT molecular complexity index is 335. The summed E-state index contributed by atoms with van der Waals surface area (Å²) in [6.07, 6.45) is 4.17. The Balaban J connectivity index is 2.00. The standard InChI is InChI=1S/C11H17N3O/c1-8-7-13-11(14-9(8)2)15-10-3-5-12-6-4-10/h7,10,12H,3-6H2,1-2H3. The van der Waals surface area contributed by atoms with Gasteiger partial charge in [-0.3, -0.25) is 0 Å². The Morgan fingerprint density at radius 1 is 1.33 bits per heavy atom. The molecule has 15 heavy (non-hydrogen) atoms. The van der Waals surface area contributed by atoms with Crippen molar-refractivity contribution in [2.24, 2.45) is 0 Å². The van der Waals surface area contributed by atoms with Crippen LogP contribution in [0.3, 0.4) is 0 Å². The van der Waals surface area contributed by atoms with Crippen molar-refractivity contribution >= 4 is 0 Å². The smallest absolute Gasteiger partial charge is 0.316 e. The fourth-order valence-corrected chi connectivity index (χ4v) is 1.63. The summed E-state index contributed by atoms with van der Waals surface area (Å²) >= 11 is 0. The van der Waals surface area contributed by atoms with Gasteiger partial charge in [-0.1, -0.05) is 0 Å². The SMILES string of the molecule is Cc1cnc(OC2CCNCC2)nc1C. The average Bonchev–Trinajstić information content (AvgIpc) is 2.25. The molecule has 2 rings (SSSR count). The van der Waals surface area contributed by atoms with Crippen LogP contribution in [-0.4, -0.2) is 29.2 Å². The lowest BCUT2D eigenvalue weighted by Gasteiger charge is -2.22. The normalized spacial score (nSPS) is 17.7. The highest BCUT2D eigenvalue weighted by molar-refractivity contribution is 5.15. The van der Waals surface area contributed by atoms with E-state index < -0.39 is 0 Å². The van der Waals surface area contributed by atoms with Crippen molar-refractivity contribution in [3.05, 3.63) is 17.5 Å². The first-order chi connectivity index (χ1) is 7.25. The van der Waals surface area contributed by atoms with Gasteiger partial charge in [0.2, 0.25) is 0 Å². The summed E-state index contributed by atoms with van der Waals surface area (Å²) in [5, 5.41) is 3.30. The molecule has 1 fully saturated rings. The van der Waals surface area contributed by atoms with Crippen LogP contribution in [0.5, 0.6) is 6.01 Å². The molecule has 1 aromatic heterocycles. The van der Waals surface area contributed by atoms with E-state index >= 15 is 0 Å². The molecule has 1 saturated heterocycles. The van der Waals surface area contributed by atoms with Gasteiger partial charge >= 0.3 is 6.01 Å². The predicted molar refractivity (Wildman–Crippen MR) is 58.0 cm³/mol. The summed E-state index contributed by atoms with van der Waals surface area (Å²) in [6, 6.07) is 0.519. The van der Waals surface area contributed by atoms with Gasteiger partial charge in [-0.2, -0.15) is 0 Å². The van der Waals surface area contributed by atoms with Crippen LogP contribution in [0.4, 0.5) is 0 Å². The van der Waals surface area contributed by atoms with E-state index in [-0.39, 0.29) is 6.10 Å². The van der Waals surface area contributed by atoms with E-state index in [1.54, 1.807) is 0 Å². The minimum atomic E-state index is 0.272. The molecule has 0 aliphatic carbocycles. The van der Waals surface area contributed by atoms with E-state index in [0.29, 0.717) is 6.01 Å². The van der Waals surface area contributed by atoms with Crippen LogP contribution in [0.1, 0.15) is 24.1 Å². The quantitative estimate of drug-likeness (QED) is 0.792. The van der Waals surface area contributed by atoms with Gasteiger partial charge in [0.25, 0.3) is 0 Å². The number of piperidine rings is 1. The zero-order valence-electron chi connectivity index (χ0n) is 9.29. The molecule has 0 bridgehead atoms. The monoisotopic (exact) mass is 207 g/mol. The molecule has 0 radical (unpaired) electrons. The van der Waals surface area contributed by atoms with E-state index in [2.05, 4.69) is 15.3 Å². The highest BCUT2D eigenvalue weighted by Crippen LogP contribution is 2.13. The number of rotatable bonds is 2. The third-order valence-corrected chi connectivity index (χ3v) is 2.76. The van der Waals surface area contributed by atoms with E-state index in [1.807, 2.05) is 20.0 Å². The number of ether oxygens (including phenoxy) is 1. The summed E-state index contributed by atoms with van der Waals surface area (Å²) in [6.45, 7) is 6.03. The fourth-order valence-electron chi connectivity index (χ4n) is 1.63. The zero-order valence-corrected chi connectivity index (χ0v) is 9.29. The lowest BCUT2D eigenvalue weighted by molar-refractivity contribution is 0.148. The Kier molecular flexibility index (Phi) is 3.16. The van der Waals surface area contributed by atoms with Gasteiger partial charge in [-0.15, -0.1) is 0 Å². The Labute approximate surface area is 90.1 Å². The zero-order chi connectivity index (χ0) is 10.7. The first-order valence-electron chi connectivity index (χ1n) is 5.43. The molecule has 0 atom stereocenters. The van der Waals surface area contributed by atoms with Gasteiger partial charge in [0.15, 0.2) is 0 Å². The number of nitrogens with zero attached hydrogens (tertiary/aromatic N) is 2. The molecule has 2 heterocycles. The highest BCUT2D eigenvalue weighted by Gasteiger charge is 2.15. The second kappa shape index (κ2) is 4.57. The van der Waals surface area contributed by atoms with Crippen molar-refractivity contribution in [1.29, 1.82) is 0 Å². The summed E-state index contributed by atoms with van der Waals surface area (Å²) in [5.74, 6) is 0. The molecular formula is C11H17N3O. The van der Waals surface area contributed by atoms with Crippen molar-refractivity contribution in [1.82, 2.24) is 15.3 Å². The molecule has 0 unspecified atom stereocenters. The maximum Gasteiger partial charge on any atom is 0.316 e. The van der Waals surface area contributed by atoms with Crippen LogP contribution in [0, 0.1) is 13.8 Å². The largest absolute Gasteiger partial charge is 0.460 e. The van der Waals surface area contributed by atoms with Gasteiger partial charge in [0, 0.05) is 11.9 Å². The van der Waals surface area contributed by atoms with E-state index in [4.69, 9.17) is 4.74 Å². The van der Waals surface area contributed by atoms with Crippen LogP contribution in [0.2, 0.25) is 0 Å². The topological polar surface area (TPSA) is 47.0 Å². The van der Waals surface area contributed by atoms with Crippen molar-refractivity contribution in [2.75, 3.05) is 13.1 Å². The second-order valence-corrected chi connectivity index (χ2v) is 3.99. The maximum absolute atomic E-state index is 5.73. The number of aryl methyl sites for hydroxylation is 2. The predicted octanol–water partition coefficient (Wildman–Crippen LogP) is 1.22. The number of nitrogens with one attached hydrogen (secondary N) is 1. The van der Waals surface area contributed by atoms with Crippen LogP contribution in [0.15, 0.2) is 6.20 Å². The first kappa shape index (κ1) is 10.4. The molecule has 0 spiro atoms. The lowest BCUT2D eigenvalue weighted by Crippen LogP contribution is -2.34. The number of hydrogen-bond acceptors (Lipinski definition) is 4. The van der Waals surface area contributed by atoms with Crippen molar-refractivity contribution < 1.29 is 4.74 Å². The van der Waals surface area contributed by atoms with Gasteiger partial charge in [0.05, 0.1) is 0 Å². The summed E-state index contributed by atoms with van der Waals surface area (Å²) < 4.78 is 5.73. The number of aromatic nitrogens is 2. The second-order valence-electron chi connectivity index (χ2n) is 3.99. The molecule has 1 aliphatic rings. The molecule has 1 aromatic rings. The Morgan fingerprint density at radius 3 is 2.73 bits per heavy atom. The minimum Gasteiger partial charge on any atom is -0.460 e. The summed E-state index contributed by atoms with van der Waals surface area (Å²) in [5.41, 5.74) is 2.10. The van der Waals surface area contributed by atoms with Gasteiger partial charge < -0.3 is 10.1 Å². The maximum atomic E-state index is 5.73. The minimum absolute atomic E-state index is 0.272. The molecule has 0 saturated carbocycles. The third-order valence-electron chi connectivity index (χ3n) is 2.76. The third kappa shape index (κ3) is 2.65. The first-order valence-corrected chi connectivity index (χ1v) is 5.43. The molecule has 1 N–H and O–H groups in total. The summed E-state index contributed by atoms with van der Waals surface area (Å²) in [7, 11) is 0. The van der Waals surface area contributed by atoms with E-state index in [0.717, 1.165) is 37.2 Å². The van der Waals surface area contributed by atoms with Crippen molar-refractivity contribution in [3.8, 4) is 6.01 Å². The van der Waals surface area contributed by atoms with E-state index in [9.17, 15) is 0 Å².